The number of amides is 1. The Morgan fingerprint density at radius 1 is 1.24 bits per heavy atom. The molecule has 4 heteroatoms. The molecule has 21 heavy (non-hydrogen) atoms. The number of carbonyl (C=O) groups excluding carboxylic acids is 1. The van der Waals surface area contributed by atoms with Gasteiger partial charge >= 0.3 is 0 Å². The van der Waals surface area contributed by atoms with Gasteiger partial charge in [-0.3, -0.25) is 9.78 Å². The maximum absolute atomic E-state index is 12.2. The summed E-state index contributed by atoms with van der Waals surface area (Å²) < 4.78 is 2.07. The molecular weight excluding hydrogens is 262 g/mol. The summed E-state index contributed by atoms with van der Waals surface area (Å²) in [5.74, 6) is -0.0584. The van der Waals surface area contributed by atoms with Crippen LogP contribution in [0.25, 0.3) is 10.9 Å². The quantitative estimate of drug-likeness (QED) is 0.801. The highest BCUT2D eigenvalue weighted by Gasteiger charge is 2.09. The maximum Gasteiger partial charge on any atom is 0.251 e. The number of rotatable bonds is 3. The zero-order chi connectivity index (χ0) is 14.8. The molecule has 0 aliphatic carbocycles. The fourth-order valence-electron chi connectivity index (χ4n) is 2.52. The van der Waals surface area contributed by atoms with Crippen molar-refractivity contribution in [2.75, 3.05) is 0 Å². The van der Waals surface area contributed by atoms with Crippen molar-refractivity contribution in [1.29, 1.82) is 0 Å². The molecular formula is C17H17N3O. The Morgan fingerprint density at radius 2 is 2.00 bits per heavy atom. The van der Waals surface area contributed by atoms with E-state index in [1.165, 1.54) is 5.56 Å². The van der Waals surface area contributed by atoms with Crippen LogP contribution in [0.2, 0.25) is 0 Å². The molecule has 0 bridgehead atoms. The van der Waals surface area contributed by atoms with Crippen LogP contribution < -0.4 is 5.32 Å². The Labute approximate surface area is 123 Å². The first-order chi connectivity index (χ1) is 10.1. The van der Waals surface area contributed by atoms with Gasteiger partial charge in [0.25, 0.3) is 5.91 Å². The first kappa shape index (κ1) is 13.4. The van der Waals surface area contributed by atoms with E-state index in [-0.39, 0.29) is 5.91 Å². The third-order valence-electron chi connectivity index (χ3n) is 3.65. The third-order valence-corrected chi connectivity index (χ3v) is 3.65. The molecule has 4 nitrogen and oxygen atoms in total. The molecule has 0 saturated heterocycles. The fraction of sp³-hybridized carbons (Fsp3) is 0.176. The highest BCUT2D eigenvalue weighted by atomic mass is 16.1. The second-order valence-electron chi connectivity index (χ2n) is 5.19. The first-order valence-corrected chi connectivity index (χ1v) is 6.88. The third kappa shape index (κ3) is 2.65. The SMILES string of the molecule is Cc1cn(C)c2ccc(C(=O)NCc3ccncc3)cc12. The van der Waals surface area contributed by atoms with E-state index in [9.17, 15) is 4.79 Å². The lowest BCUT2D eigenvalue weighted by molar-refractivity contribution is 0.0951. The van der Waals surface area contributed by atoms with Gasteiger partial charge in [0.05, 0.1) is 0 Å². The Bertz CT molecular complexity index is 790. The Hall–Kier alpha value is -2.62. The zero-order valence-electron chi connectivity index (χ0n) is 12.1. The van der Waals surface area contributed by atoms with Crippen LogP contribution in [0.5, 0.6) is 0 Å². The van der Waals surface area contributed by atoms with Crippen molar-refractivity contribution in [2.24, 2.45) is 7.05 Å². The summed E-state index contributed by atoms with van der Waals surface area (Å²) in [6.07, 6.45) is 5.52. The lowest BCUT2D eigenvalue weighted by atomic mass is 10.1. The Morgan fingerprint density at radius 3 is 2.76 bits per heavy atom. The molecule has 106 valence electrons. The van der Waals surface area contributed by atoms with Gasteiger partial charge in [0, 0.05) is 48.6 Å². The molecule has 0 unspecified atom stereocenters. The number of hydrogen-bond donors (Lipinski definition) is 1. The maximum atomic E-state index is 12.2. The molecule has 0 radical (unpaired) electrons. The summed E-state index contributed by atoms with van der Waals surface area (Å²) in [6, 6.07) is 9.59. The number of aryl methyl sites for hydroxylation is 2. The monoisotopic (exact) mass is 279 g/mol. The Balaban J connectivity index is 1.80. The van der Waals surface area contributed by atoms with Gasteiger partial charge in [-0.25, -0.2) is 0 Å². The second-order valence-corrected chi connectivity index (χ2v) is 5.19. The molecule has 1 aromatic carbocycles. The van der Waals surface area contributed by atoms with Crippen molar-refractivity contribution in [3.8, 4) is 0 Å². The molecule has 1 amide bonds. The van der Waals surface area contributed by atoms with Gasteiger partial charge in [-0.05, 0) is 48.4 Å². The van der Waals surface area contributed by atoms with Crippen molar-refractivity contribution in [1.82, 2.24) is 14.9 Å². The van der Waals surface area contributed by atoms with E-state index in [1.54, 1.807) is 12.4 Å². The van der Waals surface area contributed by atoms with Gasteiger partial charge in [-0.2, -0.15) is 0 Å². The minimum Gasteiger partial charge on any atom is -0.350 e. The van der Waals surface area contributed by atoms with Crippen molar-refractivity contribution in [3.05, 3.63) is 65.6 Å². The predicted molar refractivity (Wildman–Crippen MR) is 83.1 cm³/mol. The number of nitrogens with zero attached hydrogens (tertiary/aromatic N) is 2. The van der Waals surface area contributed by atoms with Gasteiger partial charge in [0.2, 0.25) is 0 Å². The minimum absolute atomic E-state index is 0.0584. The van der Waals surface area contributed by atoms with Gasteiger partial charge in [-0.1, -0.05) is 0 Å². The van der Waals surface area contributed by atoms with Crippen LogP contribution in [0.3, 0.4) is 0 Å². The summed E-state index contributed by atoms with van der Waals surface area (Å²) >= 11 is 0. The van der Waals surface area contributed by atoms with Crippen LogP contribution in [0, 0.1) is 6.92 Å². The highest BCUT2D eigenvalue weighted by molar-refractivity contribution is 5.98. The molecule has 2 aromatic heterocycles. The fourth-order valence-corrected chi connectivity index (χ4v) is 2.52. The molecule has 0 spiro atoms. The predicted octanol–water partition coefficient (Wildman–Crippen LogP) is 2.81. The van der Waals surface area contributed by atoms with E-state index in [0.29, 0.717) is 12.1 Å². The summed E-state index contributed by atoms with van der Waals surface area (Å²) in [5, 5.41) is 4.05. The number of hydrogen-bond acceptors (Lipinski definition) is 2. The Kier molecular flexibility index (Phi) is 3.44. The lowest BCUT2D eigenvalue weighted by Crippen LogP contribution is -2.22. The van der Waals surface area contributed by atoms with Crippen molar-refractivity contribution >= 4 is 16.8 Å². The van der Waals surface area contributed by atoms with E-state index in [4.69, 9.17) is 0 Å². The van der Waals surface area contributed by atoms with Crippen LogP contribution in [-0.4, -0.2) is 15.5 Å². The number of nitrogens with one attached hydrogen (secondary N) is 1. The number of aromatic nitrogens is 2. The van der Waals surface area contributed by atoms with Crippen LogP contribution >= 0.6 is 0 Å². The molecule has 0 aliphatic heterocycles. The van der Waals surface area contributed by atoms with Crippen LogP contribution in [0.15, 0.2) is 48.9 Å². The van der Waals surface area contributed by atoms with Crippen molar-refractivity contribution in [2.45, 2.75) is 13.5 Å². The molecule has 2 heterocycles. The van der Waals surface area contributed by atoms with E-state index in [0.717, 1.165) is 16.5 Å². The molecule has 0 fully saturated rings. The summed E-state index contributed by atoms with van der Waals surface area (Å²) in [6.45, 7) is 2.56. The molecule has 3 rings (SSSR count). The molecule has 0 aliphatic rings. The molecule has 0 saturated carbocycles. The number of fused-ring (bicyclic) bond motifs is 1. The van der Waals surface area contributed by atoms with E-state index < -0.39 is 0 Å². The van der Waals surface area contributed by atoms with Crippen LogP contribution in [-0.2, 0) is 13.6 Å². The number of pyridine rings is 1. The van der Waals surface area contributed by atoms with Crippen molar-refractivity contribution in [3.63, 3.8) is 0 Å². The standard InChI is InChI=1S/C17H17N3O/c1-12-11-20(2)16-4-3-14(9-15(12)16)17(21)19-10-13-5-7-18-8-6-13/h3-9,11H,10H2,1-2H3,(H,19,21). The summed E-state index contributed by atoms with van der Waals surface area (Å²) in [4.78, 5) is 16.2. The first-order valence-electron chi connectivity index (χ1n) is 6.88. The number of benzene rings is 1. The zero-order valence-corrected chi connectivity index (χ0v) is 12.1. The molecule has 0 atom stereocenters. The smallest absolute Gasteiger partial charge is 0.251 e. The van der Waals surface area contributed by atoms with E-state index in [1.807, 2.05) is 37.4 Å². The number of carbonyl (C=O) groups is 1. The van der Waals surface area contributed by atoms with E-state index in [2.05, 4.69) is 28.0 Å². The van der Waals surface area contributed by atoms with Crippen LogP contribution in [0.4, 0.5) is 0 Å². The summed E-state index contributed by atoms with van der Waals surface area (Å²) in [5.41, 5.74) is 4.04. The largest absolute Gasteiger partial charge is 0.350 e. The van der Waals surface area contributed by atoms with Crippen molar-refractivity contribution < 1.29 is 4.79 Å². The summed E-state index contributed by atoms with van der Waals surface area (Å²) in [7, 11) is 2.01. The average Bonchev–Trinajstić information content (AvgIpc) is 2.80. The topological polar surface area (TPSA) is 46.9 Å². The normalized spacial score (nSPS) is 10.8. The van der Waals surface area contributed by atoms with Gasteiger partial charge in [-0.15, -0.1) is 0 Å². The van der Waals surface area contributed by atoms with Gasteiger partial charge < -0.3 is 9.88 Å². The van der Waals surface area contributed by atoms with Gasteiger partial charge in [0.1, 0.15) is 0 Å². The average molecular weight is 279 g/mol. The van der Waals surface area contributed by atoms with E-state index >= 15 is 0 Å². The van der Waals surface area contributed by atoms with Crippen LogP contribution in [0.1, 0.15) is 21.5 Å². The molecule has 3 aromatic rings. The van der Waals surface area contributed by atoms with Gasteiger partial charge in [0.15, 0.2) is 0 Å². The minimum atomic E-state index is -0.0584. The second kappa shape index (κ2) is 5.40. The molecule has 1 N–H and O–H groups in total. The highest BCUT2D eigenvalue weighted by Crippen LogP contribution is 2.21. The lowest BCUT2D eigenvalue weighted by Gasteiger charge is -2.06.